The third kappa shape index (κ3) is 4.43. The Labute approximate surface area is 203 Å². The van der Waals surface area contributed by atoms with E-state index in [0.29, 0.717) is 5.91 Å². The Hall–Kier alpha value is -2.86. The second kappa shape index (κ2) is 9.79. The number of nitrogens with zero attached hydrogens (tertiary/aromatic N) is 5. The van der Waals surface area contributed by atoms with Gasteiger partial charge in [-0.2, -0.15) is 0 Å². The van der Waals surface area contributed by atoms with Gasteiger partial charge in [0.1, 0.15) is 5.82 Å². The van der Waals surface area contributed by atoms with Crippen molar-refractivity contribution in [1.82, 2.24) is 19.4 Å². The number of anilines is 1. The van der Waals surface area contributed by atoms with Crippen LogP contribution >= 0.6 is 0 Å². The number of amides is 1. The highest BCUT2D eigenvalue weighted by Crippen LogP contribution is 2.26. The summed E-state index contributed by atoms with van der Waals surface area (Å²) in [5, 5.41) is 0. The van der Waals surface area contributed by atoms with Crippen LogP contribution in [0.15, 0.2) is 42.5 Å². The summed E-state index contributed by atoms with van der Waals surface area (Å²) in [4.78, 5) is 25.3. The molecule has 6 heteroatoms. The Kier molecular flexibility index (Phi) is 6.59. The third-order valence-electron chi connectivity index (χ3n) is 7.78. The van der Waals surface area contributed by atoms with Gasteiger partial charge in [-0.05, 0) is 69.5 Å². The van der Waals surface area contributed by atoms with Crippen LogP contribution in [0.3, 0.4) is 0 Å². The summed E-state index contributed by atoms with van der Waals surface area (Å²) in [7, 11) is 0. The second-order valence-corrected chi connectivity index (χ2v) is 9.87. The number of piperidine rings is 1. The number of fused-ring (bicyclic) bond motifs is 1. The van der Waals surface area contributed by atoms with E-state index in [1.807, 2.05) is 0 Å². The summed E-state index contributed by atoms with van der Waals surface area (Å²) >= 11 is 0. The normalized spacial score (nSPS) is 19.7. The van der Waals surface area contributed by atoms with E-state index >= 15 is 0 Å². The van der Waals surface area contributed by atoms with E-state index in [1.165, 1.54) is 22.3 Å². The van der Waals surface area contributed by atoms with Gasteiger partial charge < -0.3 is 14.4 Å². The summed E-state index contributed by atoms with van der Waals surface area (Å²) in [5.41, 5.74) is 6.25. The summed E-state index contributed by atoms with van der Waals surface area (Å²) in [6.45, 7) is 13.6. The first-order valence-electron chi connectivity index (χ1n) is 12.8. The molecule has 0 bridgehead atoms. The van der Waals surface area contributed by atoms with Crippen molar-refractivity contribution in [2.75, 3.05) is 44.2 Å². The number of hydrogen-bond acceptors (Lipinski definition) is 4. The maximum atomic E-state index is 13.4. The molecule has 3 heterocycles. The first-order valence-corrected chi connectivity index (χ1v) is 12.8. The van der Waals surface area contributed by atoms with Gasteiger partial charge in [0.05, 0.1) is 23.5 Å². The van der Waals surface area contributed by atoms with Crippen molar-refractivity contribution >= 4 is 22.6 Å². The smallest absolute Gasteiger partial charge is 0.227 e. The minimum Gasteiger partial charge on any atom is -0.368 e. The number of likely N-dealkylation sites (tertiary alicyclic amines) is 1. The van der Waals surface area contributed by atoms with E-state index in [2.05, 4.69) is 82.5 Å². The highest BCUT2D eigenvalue weighted by atomic mass is 16.2. The van der Waals surface area contributed by atoms with Crippen molar-refractivity contribution < 1.29 is 4.79 Å². The van der Waals surface area contributed by atoms with Gasteiger partial charge in [-0.25, -0.2) is 4.98 Å². The minimum absolute atomic E-state index is 0.0976. The predicted molar refractivity (Wildman–Crippen MR) is 138 cm³/mol. The molecule has 34 heavy (non-hydrogen) atoms. The van der Waals surface area contributed by atoms with Crippen LogP contribution in [0.5, 0.6) is 0 Å². The predicted octanol–water partition coefficient (Wildman–Crippen LogP) is 4.23. The van der Waals surface area contributed by atoms with Crippen molar-refractivity contribution in [2.45, 2.75) is 46.7 Å². The number of rotatable bonds is 5. The Morgan fingerprint density at radius 1 is 1.00 bits per heavy atom. The number of aromatic nitrogens is 2. The zero-order chi connectivity index (χ0) is 23.7. The van der Waals surface area contributed by atoms with Crippen LogP contribution in [0.4, 0.5) is 5.69 Å². The Morgan fingerprint density at radius 2 is 1.79 bits per heavy atom. The molecule has 0 aliphatic carbocycles. The summed E-state index contributed by atoms with van der Waals surface area (Å²) in [6.07, 6.45) is 2.07. The average molecular weight is 460 g/mol. The molecule has 0 radical (unpaired) electrons. The van der Waals surface area contributed by atoms with E-state index in [1.54, 1.807) is 0 Å². The van der Waals surface area contributed by atoms with E-state index in [-0.39, 0.29) is 5.92 Å². The zero-order valence-corrected chi connectivity index (χ0v) is 20.8. The molecule has 1 amide bonds. The van der Waals surface area contributed by atoms with Crippen LogP contribution in [0.2, 0.25) is 0 Å². The number of imidazole rings is 1. The standard InChI is InChI=1S/C28H37N5O/c1-4-33-26-12-6-5-11-24(26)29-27(33)20-30-14-8-10-23(19-30)28(34)32-17-15-31(16-18-32)25-13-7-9-21(2)22(25)3/h5-7,9,11-13,23H,4,8,10,14-20H2,1-3H3/t23-/m1/s1. The monoisotopic (exact) mass is 459 g/mol. The van der Waals surface area contributed by atoms with Gasteiger partial charge in [-0.1, -0.05) is 24.3 Å². The lowest BCUT2D eigenvalue weighted by Gasteiger charge is -2.40. The molecule has 2 aliphatic rings. The molecule has 2 aliphatic heterocycles. The highest BCUT2D eigenvalue weighted by molar-refractivity contribution is 5.79. The maximum absolute atomic E-state index is 13.4. The first kappa shape index (κ1) is 22.9. The largest absolute Gasteiger partial charge is 0.368 e. The lowest BCUT2D eigenvalue weighted by molar-refractivity contribution is -0.137. The first-order chi connectivity index (χ1) is 16.5. The van der Waals surface area contributed by atoms with Crippen LogP contribution in [0.1, 0.15) is 36.7 Å². The van der Waals surface area contributed by atoms with Crippen molar-refractivity contribution in [3.05, 3.63) is 59.4 Å². The molecule has 1 atom stereocenters. The van der Waals surface area contributed by atoms with E-state index < -0.39 is 0 Å². The fraction of sp³-hybridized carbons (Fsp3) is 0.500. The molecule has 2 fully saturated rings. The van der Waals surface area contributed by atoms with Crippen LogP contribution in [-0.4, -0.2) is 64.5 Å². The Bertz CT molecular complexity index is 1160. The van der Waals surface area contributed by atoms with Crippen LogP contribution < -0.4 is 4.90 Å². The van der Waals surface area contributed by atoms with Gasteiger partial charge in [0.2, 0.25) is 5.91 Å². The number of carbonyl (C=O) groups is 1. The molecule has 0 saturated carbocycles. The van der Waals surface area contributed by atoms with Gasteiger partial charge in [-0.15, -0.1) is 0 Å². The topological polar surface area (TPSA) is 44.6 Å². The van der Waals surface area contributed by atoms with E-state index in [9.17, 15) is 4.79 Å². The van der Waals surface area contributed by atoms with Crippen molar-refractivity contribution in [2.24, 2.45) is 5.92 Å². The zero-order valence-electron chi connectivity index (χ0n) is 20.8. The summed E-state index contributed by atoms with van der Waals surface area (Å²) in [6, 6.07) is 14.9. The summed E-state index contributed by atoms with van der Waals surface area (Å²) < 4.78 is 2.31. The molecule has 0 N–H and O–H groups in total. The highest BCUT2D eigenvalue weighted by Gasteiger charge is 2.31. The summed E-state index contributed by atoms with van der Waals surface area (Å²) in [5.74, 6) is 1.55. The molecule has 2 saturated heterocycles. The van der Waals surface area contributed by atoms with Crippen molar-refractivity contribution in [3.8, 4) is 0 Å². The third-order valence-corrected chi connectivity index (χ3v) is 7.78. The number of aryl methyl sites for hydroxylation is 2. The number of carbonyl (C=O) groups excluding carboxylic acids is 1. The lowest BCUT2D eigenvalue weighted by Crippen LogP contribution is -2.52. The maximum Gasteiger partial charge on any atom is 0.227 e. The van der Waals surface area contributed by atoms with Gasteiger partial charge in [0.25, 0.3) is 0 Å². The quantitative estimate of drug-likeness (QED) is 0.573. The van der Waals surface area contributed by atoms with Gasteiger partial charge in [0.15, 0.2) is 0 Å². The fourth-order valence-electron chi connectivity index (χ4n) is 5.70. The Morgan fingerprint density at radius 3 is 2.59 bits per heavy atom. The molecule has 5 rings (SSSR count). The van der Waals surface area contributed by atoms with Gasteiger partial charge in [-0.3, -0.25) is 9.69 Å². The second-order valence-electron chi connectivity index (χ2n) is 9.87. The van der Waals surface area contributed by atoms with E-state index in [0.717, 1.165) is 76.5 Å². The number of piperazine rings is 1. The number of hydrogen-bond donors (Lipinski definition) is 0. The van der Waals surface area contributed by atoms with Gasteiger partial charge in [0, 0.05) is 45.0 Å². The van der Waals surface area contributed by atoms with Crippen LogP contribution in [0, 0.1) is 19.8 Å². The molecule has 0 spiro atoms. The van der Waals surface area contributed by atoms with E-state index in [4.69, 9.17) is 4.98 Å². The van der Waals surface area contributed by atoms with Gasteiger partial charge >= 0.3 is 0 Å². The molecule has 3 aromatic rings. The molecule has 2 aromatic carbocycles. The fourth-order valence-corrected chi connectivity index (χ4v) is 5.70. The average Bonchev–Trinajstić information content (AvgIpc) is 3.22. The Balaban J connectivity index is 1.21. The molecule has 180 valence electrons. The molecule has 0 unspecified atom stereocenters. The number of benzene rings is 2. The molecule has 1 aromatic heterocycles. The van der Waals surface area contributed by atoms with Crippen LogP contribution in [0.25, 0.3) is 11.0 Å². The van der Waals surface area contributed by atoms with Crippen LogP contribution in [-0.2, 0) is 17.9 Å². The van der Waals surface area contributed by atoms with Crippen molar-refractivity contribution in [1.29, 1.82) is 0 Å². The molecular weight excluding hydrogens is 422 g/mol. The molecule has 6 nitrogen and oxygen atoms in total. The minimum atomic E-state index is 0.0976. The lowest BCUT2D eigenvalue weighted by atomic mass is 9.96. The SMILES string of the molecule is CCn1c(CN2CCC[C@@H](C(=O)N3CCN(c4cccc(C)c4C)CC3)C2)nc2ccccc21. The van der Waals surface area contributed by atoms with Crippen molar-refractivity contribution in [3.63, 3.8) is 0 Å². The number of para-hydroxylation sites is 2. The molecular formula is C28H37N5O.